The van der Waals surface area contributed by atoms with Crippen molar-refractivity contribution in [2.24, 2.45) is 0 Å². The predicted molar refractivity (Wildman–Crippen MR) is 64.9 cm³/mol. The Balaban J connectivity index is 2.27. The lowest BCUT2D eigenvalue weighted by Crippen LogP contribution is -2.15. The van der Waals surface area contributed by atoms with E-state index in [1.54, 1.807) is 24.3 Å². The van der Waals surface area contributed by atoms with Crippen LogP contribution >= 0.6 is 0 Å². The number of methoxy groups -OCH3 is 1. The number of fused-ring (bicyclic) bond motifs is 1. The van der Waals surface area contributed by atoms with Gasteiger partial charge in [0.1, 0.15) is 13.2 Å². The van der Waals surface area contributed by atoms with E-state index in [0.29, 0.717) is 24.7 Å². The lowest BCUT2D eigenvalue weighted by molar-refractivity contribution is -0.133. The summed E-state index contributed by atoms with van der Waals surface area (Å²) < 4.78 is 15.7. The minimum Gasteiger partial charge on any atom is -0.486 e. The first-order valence-electron chi connectivity index (χ1n) is 5.53. The smallest absolute Gasteiger partial charge is 0.333 e. The monoisotopic (exact) mass is 250 g/mol. The molecule has 5 heteroatoms. The molecule has 0 aliphatic carbocycles. The molecule has 2 rings (SSSR count). The normalized spacial score (nSPS) is 14.4. The Labute approximate surface area is 105 Å². The lowest BCUT2D eigenvalue weighted by atomic mass is 10.1. The maximum atomic E-state index is 11.0. The van der Waals surface area contributed by atoms with Crippen LogP contribution in [-0.2, 0) is 9.53 Å². The van der Waals surface area contributed by atoms with Gasteiger partial charge in [0, 0.05) is 7.11 Å². The van der Waals surface area contributed by atoms with Crippen LogP contribution in [0.1, 0.15) is 5.56 Å². The molecule has 96 valence electrons. The van der Waals surface area contributed by atoms with Gasteiger partial charge in [0.2, 0.25) is 0 Å². The summed E-state index contributed by atoms with van der Waals surface area (Å²) in [5.74, 6) is 0.325. The van der Waals surface area contributed by atoms with E-state index < -0.39 is 5.97 Å². The molecule has 0 aromatic heterocycles. The molecule has 1 aliphatic heterocycles. The van der Waals surface area contributed by atoms with Crippen molar-refractivity contribution >= 4 is 12.0 Å². The molecule has 0 amide bonds. The van der Waals surface area contributed by atoms with Crippen molar-refractivity contribution in [2.45, 2.75) is 0 Å². The molecule has 1 N–H and O–H groups in total. The Morgan fingerprint density at radius 1 is 1.39 bits per heavy atom. The molecule has 0 saturated heterocycles. The van der Waals surface area contributed by atoms with Gasteiger partial charge in [-0.1, -0.05) is 6.07 Å². The molecule has 1 heterocycles. The molecule has 0 saturated carbocycles. The number of hydrogen-bond acceptors (Lipinski definition) is 4. The Morgan fingerprint density at radius 2 is 2.11 bits per heavy atom. The van der Waals surface area contributed by atoms with Crippen molar-refractivity contribution in [1.29, 1.82) is 0 Å². The Morgan fingerprint density at radius 3 is 2.78 bits per heavy atom. The van der Waals surface area contributed by atoms with E-state index in [1.165, 1.54) is 7.11 Å². The standard InChI is InChI=1S/C13H14O5/c1-16-8-10(13(14)15)6-9-2-3-11-12(7-9)18-5-4-17-11/h2-3,6-7H,4-5,8H2,1H3,(H,14,15)/b10-6+. The van der Waals surface area contributed by atoms with Gasteiger partial charge in [0.05, 0.1) is 12.2 Å². The average Bonchev–Trinajstić information content (AvgIpc) is 2.38. The van der Waals surface area contributed by atoms with E-state index in [4.69, 9.17) is 19.3 Å². The van der Waals surface area contributed by atoms with E-state index in [2.05, 4.69) is 0 Å². The molecule has 0 fully saturated rings. The number of carboxylic acids is 1. The van der Waals surface area contributed by atoms with Crippen LogP contribution in [0, 0.1) is 0 Å². The fraction of sp³-hybridized carbons (Fsp3) is 0.308. The maximum absolute atomic E-state index is 11.0. The van der Waals surface area contributed by atoms with Gasteiger partial charge < -0.3 is 19.3 Å². The predicted octanol–water partition coefficient (Wildman–Crippen LogP) is 1.57. The second-order valence-corrected chi connectivity index (χ2v) is 3.81. The van der Waals surface area contributed by atoms with Crippen molar-refractivity contribution in [3.05, 3.63) is 29.3 Å². The summed E-state index contributed by atoms with van der Waals surface area (Å²) in [6, 6.07) is 5.31. The van der Waals surface area contributed by atoms with Crippen LogP contribution in [0.2, 0.25) is 0 Å². The highest BCUT2D eigenvalue weighted by atomic mass is 16.6. The van der Waals surface area contributed by atoms with E-state index in [1.807, 2.05) is 0 Å². The van der Waals surface area contributed by atoms with Gasteiger partial charge in [-0.2, -0.15) is 0 Å². The third kappa shape index (κ3) is 2.81. The van der Waals surface area contributed by atoms with Crippen molar-refractivity contribution in [3.8, 4) is 11.5 Å². The number of hydrogen-bond donors (Lipinski definition) is 1. The van der Waals surface area contributed by atoms with Gasteiger partial charge >= 0.3 is 5.97 Å². The van der Waals surface area contributed by atoms with Gasteiger partial charge in [-0.3, -0.25) is 0 Å². The first-order chi connectivity index (χ1) is 8.70. The summed E-state index contributed by atoms with van der Waals surface area (Å²) in [6.07, 6.45) is 1.56. The van der Waals surface area contributed by atoms with E-state index in [9.17, 15) is 4.79 Å². The summed E-state index contributed by atoms with van der Waals surface area (Å²) in [5, 5.41) is 9.00. The Bertz CT molecular complexity index is 478. The van der Waals surface area contributed by atoms with Crippen LogP contribution in [-0.4, -0.2) is 38.0 Å². The van der Waals surface area contributed by atoms with Gasteiger partial charge in [0.15, 0.2) is 11.5 Å². The van der Waals surface area contributed by atoms with Crippen molar-refractivity contribution in [1.82, 2.24) is 0 Å². The second kappa shape index (κ2) is 5.55. The van der Waals surface area contributed by atoms with Gasteiger partial charge in [-0.25, -0.2) is 4.79 Å². The van der Waals surface area contributed by atoms with E-state index in [-0.39, 0.29) is 12.2 Å². The Hall–Kier alpha value is -2.01. The molecule has 0 bridgehead atoms. The molecular weight excluding hydrogens is 236 g/mol. The molecule has 5 nitrogen and oxygen atoms in total. The van der Waals surface area contributed by atoms with Crippen molar-refractivity contribution in [2.75, 3.05) is 26.9 Å². The molecule has 0 radical (unpaired) electrons. The molecular formula is C13H14O5. The lowest BCUT2D eigenvalue weighted by Gasteiger charge is -2.18. The quantitative estimate of drug-likeness (QED) is 0.822. The number of carboxylic acid groups (broad SMARTS) is 1. The van der Waals surface area contributed by atoms with Crippen LogP contribution in [0.4, 0.5) is 0 Å². The summed E-state index contributed by atoms with van der Waals surface area (Å²) in [5.41, 5.74) is 0.933. The van der Waals surface area contributed by atoms with Crippen LogP contribution < -0.4 is 9.47 Å². The number of rotatable bonds is 4. The molecule has 1 aromatic rings. The first kappa shape index (κ1) is 12.4. The van der Waals surface area contributed by atoms with Crippen LogP contribution in [0.5, 0.6) is 11.5 Å². The summed E-state index contributed by atoms with van der Waals surface area (Å²) in [4.78, 5) is 11.0. The summed E-state index contributed by atoms with van der Waals surface area (Å²) in [6.45, 7) is 1.10. The zero-order chi connectivity index (χ0) is 13.0. The van der Waals surface area contributed by atoms with E-state index in [0.717, 1.165) is 5.56 Å². The topological polar surface area (TPSA) is 65.0 Å². The molecule has 0 atom stereocenters. The first-order valence-corrected chi connectivity index (χ1v) is 5.53. The third-order valence-corrected chi connectivity index (χ3v) is 2.48. The fourth-order valence-corrected chi connectivity index (χ4v) is 1.67. The molecule has 0 spiro atoms. The molecule has 1 aliphatic rings. The van der Waals surface area contributed by atoms with Crippen molar-refractivity contribution < 1.29 is 24.1 Å². The highest BCUT2D eigenvalue weighted by Crippen LogP contribution is 2.31. The maximum Gasteiger partial charge on any atom is 0.333 e. The zero-order valence-electron chi connectivity index (χ0n) is 10.0. The van der Waals surface area contributed by atoms with Gasteiger partial charge in [-0.05, 0) is 23.8 Å². The number of benzene rings is 1. The highest BCUT2D eigenvalue weighted by Gasteiger charge is 2.12. The zero-order valence-corrected chi connectivity index (χ0v) is 10.0. The molecule has 1 aromatic carbocycles. The average molecular weight is 250 g/mol. The minimum absolute atomic E-state index is 0.0593. The fourth-order valence-electron chi connectivity index (χ4n) is 1.67. The minimum atomic E-state index is -0.994. The molecule has 0 unspecified atom stereocenters. The van der Waals surface area contributed by atoms with Crippen molar-refractivity contribution in [3.63, 3.8) is 0 Å². The van der Waals surface area contributed by atoms with Gasteiger partial charge in [0.25, 0.3) is 0 Å². The largest absolute Gasteiger partial charge is 0.486 e. The number of carbonyl (C=O) groups is 1. The SMILES string of the molecule is COC/C(=C\c1ccc2c(c1)OCCO2)C(=O)O. The third-order valence-electron chi connectivity index (χ3n) is 2.48. The van der Waals surface area contributed by atoms with Gasteiger partial charge in [-0.15, -0.1) is 0 Å². The second-order valence-electron chi connectivity index (χ2n) is 3.81. The number of ether oxygens (including phenoxy) is 3. The van der Waals surface area contributed by atoms with E-state index >= 15 is 0 Å². The number of aliphatic carboxylic acids is 1. The molecule has 18 heavy (non-hydrogen) atoms. The summed E-state index contributed by atoms with van der Waals surface area (Å²) >= 11 is 0. The van der Waals surface area contributed by atoms with Crippen LogP contribution in [0.3, 0.4) is 0 Å². The Kier molecular flexibility index (Phi) is 3.84. The highest BCUT2D eigenvalue weighted by molar-refractivity contribution is 5.92. The summed E-state index contributed by atoms with van der Waals surface area (Å²) in [7, 11) is 1.46. The van der Waals surface area contributed by atoms with Crippen LogP contribution in [0.15, 0.2) is 23.8 Å². The van der Waals surface area contributed by atoms with Crippen LogP contribution in [0.25, 0.3) is 6.08 Å².